The molecule has 0 heterocycles. The summed E-state index contributed by atoms with van der Waals surface area (Å²) in [7, 11) is 0. The lowest BCUT2D eigenvalue weighted by atomic mass is 9.90. The number of rotatable bonds is 2. The Hall–Kier alpha value is -2.74. The van der Waals surface area contributed by atoms with Gasteiger partial charge in [0.1, 0.15) is 5.75 Å². The van der Waals surface area contributed by atoms with Crippen LogP contribution in [-0.4, -0.2) is 5.11 Å². The molecule has 0 atom stereocenters. The highest BCUT2D eigenvalue weighted by Crippen LogP contribution is 2.42. The molecule has 0 saturated carbocycles. The Balaban J connectivity index is 0.00000109. The number of hydrogen-bond donors (Lipinski definition) is 2. The van der Waals surface area contributed by atoms with E-state index in [1.54, 1.807) is 6.07 Å². The van der Waals surface area contributed by atoms with Gasteiger partial charge in [-0.1, -0.05) is 56.3 Å². The largest absolute Gasteiger partial charge is 0.507 e. The topological polar surface area (TPSA) is 46.2 Å². The summed E-state index contributed by atoms with van der Waals surface area (Å²) in [6.07, 6.45) is 4.00. The first kappa shape index (κ1) is 18.6. The van der Waals surface area contributed by atoms with E-state index in [2.05, 4.69) is 19.1 Å². The van der Waals surface area contributed by atoms with Crippen molar-refractivity contribution in [2.75, 3.05) is 5.73 Å². The quantitative estimate of drug-likeness (QED) is 0.528. The summed E-state index contributed by atoms with van der Waals surface area (Å²) in [5, 5.41) is 12.7. The van der Waals surface area contributed by atoms with Crippen molar-refractivity contribution in [3.8, 4) is 16.9 Å². The van der Waals surface area contributed by atoms with Gasteiger partial charge in [0.15, 0.2) is 0 Å². The molecule has 0 aliphatic heterocycles. The van der Waals surface area contributed by atoms with Crippen LogP contribution in [0.5, 0.6) is 5.75 Å². The molecule has 0 amide bonds. The van der Waals surface area contributed by atoms with E-state index in [0.29, 0.717) is 5.69 Å². The lowest BCUT2D eigenvalue weighted by Crippen LogP contribution is -1.97. The van der Waals surface area contributed by atoms with Crippen LogP contribution in [0.15, 0.2) is 48.5 Å². The van der Waals surface area contributed by atoms with Crippen LogP contribution in [0.25, 0.3) is 28.0 Å². The zero-order valence-corrected chi connectivity index (χ0v) is 15.7. The molecular weight excluding hydrogens is 306 g/mol. The number of fused-ring (bicyclic) bond motifs is 1. The number of phenols is 1. The van der Waals surface area contributed by atoms with Crippen molar-refractivity contribution >= 4 is 22.5 Å². The number of benzene rings is 3. The van der Waals surface area contributed by atoms with Crippen molar-refractivity contribution in [2.24, 2.45) is 0 Å². The van der Waals surface area contributed by atoms with Gasteiger partial charge in [-0.25, -0.2) is 0 Å². The standard InChI is InChI=1S/C21H21NO.C2H6/c1-4-7-16-13(2)10-11-19(23)20(16)18-12-14(3)15-8-5-6-9-17(15)21(18)22;1-2/h4-12,23H,22H2,1-3H3;1-2H3/b7-4-;. The van der Waals surface area contributed by atoms with Crippen molar-refractivity contribution in [3.63, 3.8) is 0 Å². The molecular formula is C23H27NO. The van der Waals surface area contributed by atoms with Crippen LogP contribution >= 0.6 is 0 Å². The van der Waals surface area contributed by atoms with E-state index in [1.165, 1.54) is 0 Å². The van der Waals surface area contributed by atoms with E-state index in [0.717, 1.165) is 38.6 Å². The Morgan fingerprint density at radius 2 is 1.56 bits per heavy atom. The fourth-order valence-electron chi connectivity index (χ4n) is 3.16. The van der Waals surface area contributed by atoms with Crippen molar-refractivity contribution in [3.05, 3.63) is 65.2 Å². The van der Waals surface area contributed by atoms with Gasteiger partial charge in [-0.15, -0.1) is 0 Å². The van der Waals surface area contributed by atoms with Gasteiger partial charge < -0.3 is 10.8 Å². The highest BCUT2D eigenvalue weighted by Gasteiger charge is 2.16. The van der Waals surface area contributed by atoms with E-state index in [4.69, 9.17) is 5.73 Å². The number of aromatic hydroxyl groups is 1. The van der Waals surface area contributed by atoms with Crippen LogP contribution in [0.4, 0.5) is 5.69 Å². The lowest BCUT2D eigenvalue weighted by molar-refractivity contribution is 0.477. The molecule has 0 spiro atoms. The molecule has 3 N–H and O–H groups in total. The van der Waals surface area contributed by atoms with Crippen molar-refractivity contribution in [1.82, 2.24) is 0 Å². The molecule has 0 aliphatic rings. The maximum atomic E-state index is 10.5. The van der Waals surface area contributed by atoms with Crippen LogP contribution < -0.4 is 5.73 Å². The monoisotopic (exact) mass is 333 g/mol. The smallest absolute Gasteiger partial charge is 0.124 e. The van der Waals surface area contributed by atoms with E-state index in [-0.39, 0.29) is 5.75 Å². The predicted molar refractivity (Wildman–Crippen MR) is 111 cm³/mol. The van der Waals surface area contributed by atoms with Gasteiger partial charge in [0, 0.05) is 22.2 Å². The Kier molecular flexibility index (Phi) is 5.87. The summed E-state index contributed by atoms with van der Waals surface area (Å²) < 4.78 is 0. The number of phenolic OH excluding ortho intramolecular Hbond substituents is 1. The Labute approximate surface area is 150 Å². The van der Waals surface area contributed by atoms with E-state index in [9.17, 15) is 5.11 Å². The van der Waals surface area contributed by atoms with Crippen molar-refractivity contribution in [2.45, 2.75) is 34.6 Å². The Morgan fingerprint density at radius 1 is 0.920 bits per heavy atom. The fraction of sp³-hybridized carbons (Fsp3) is 0.217. The zero-order chi connectivity index (χ0) is 18.6. The molecule has 0 saturated heterocycles. The van der Waals surface area contributed by atoms with E-state index in [1.807, 2.05) is 64.1 Å². The molecule has 0 bridgehead atoms. The average Bonchev–Trinajstić information content (AvgIpc) is 2.64. The number of allylic oxidation sites excluding steroid dienone is 1. The molecule has 0 aliphatic carbocycles. The summed E-state index contributed by atoms with van der Waals surface area (Å²) in [5.74, 6) is 0.255. The van der Waals surface area contributed by atoms with Gasteiger partial charge in [-0.05, 0) is 55.0 Å². The summed E-state index contributed by atoms with van der Waals surface area (Å²) in [4.78, 5) is 0. The zero-order valence-electron chi connectivity index (χ0n) is 15.7. The average molecular weight is 333 g/mol. The molecule has 0 aromatic heterocycles. The highest BCUT2D eigenvalue weighted by atomic mass is 16.3. The third-order valence-corrected chi connectivity index (χ3v) is 4.34. The van der Waals surface area contributed by atoms with Gasteiger partial charge in [0.2, 0.25) is 0 Å². The minimum atomic E-state index is 0.255. The molecule has 2 nitrogen and oxygen atoms in total. The third kappa shape index (κ3) is 3.39. The minimum absolute atomic E-state index is 0.255. The number of nitrogen functional groups attached to an aromatic ring is 1. The van der Waals surface area contributed by atoms with E-state index < -0.39 is 0 Å². The van der Waals surface area contributed by atoms with Gasteiger partial charge in [0.05, 0.1) is 0 Å². The molecule has 3 rings (SSSR count). The summed E-state index contributed by atoms with van der Waals surface area (Å²) in [5.41, 5.74) is 12.1. The number of hydrogen-bond acceptors (Lipinski definition) is 2. The first-order valence-electron chi connectivity index (χ1n) is 8.78. The predicted octanol–water partition coefficient (Wildman–Crippen LogP) is 6.47. The van der Waals surface area contributed by atoms with Crippen LogP contribution in [0.3, 0.4) is 0 Å². The Bertz CT molecular complexity index is 923. The molecule has 0 fully saturated rings. The molecule has 0 unspecified atom stereocenters. The SMILES string of the molecule is C/C=C\c1c(C)ccc(O)c1-c1cc(C)c2ccccc2c1N.CC. The van der Waals surface area contributed by atoms with Crippen LogP contribution in [0, 0.1) is 13.8 Å². The lowest BCUT2D eigenvalue weighted by Gasteiger charge is -2.17. The van der Waals surface area contributed by atoms with Gasteiger partial charge >= 0.3 is 0 Å². The Morgan fingerprint density at radius 3 is 2.20 bits per heavy atom. The first-order chi connectivity index (χ1) is 12.0. The molecule has 3 aromatic carbocycles. The first-order valence-corrected chi connectivity index (χ1v) is 8.78. The third-order valence-electron chi connectivity index (χ3n) is 4.34. The molecule has 3 aromatic rings. The summed E-state index contributed by atoms with van der Waals surface area (Å²) in [6, 6.07) is 13.9. The van der Waals surface area contributed by atoms with Crippen LogP contribution in [0.2, 0.25) is 0 Å². The van der Waals surface area contributed by atoms with E-state index >= 15 is 0 Å². The second kappa shape index (κ2) is 7.89. The number of nitrogens with two attached hydrogens (primary N) is 1. The fourth-order valence-corrected chi connectivity index (χ4v) is 3.16. The maximum Gasteiger partial charge on any atom is 0.124 e. The van der Waals surface area contributed by atoms with Crippen LogP contribution in [-0.2, 0) is 0 Å². The summed E-state index contributed by atoms with van der Waals surface area (Å²) >= 11 is 0. The van der Waals surface area contributed by atoms with Gasteiger partial charge in [-0.3, -0.25) is 0 Å². The highest BCUT2D eigenvalue weighted by molar-refractivity contribution is 6.04. The second-order valence-electron chi connectivity index (χ2n) is 5.89. The molecule has 0 radical (unpaired) electrons. The molecule has 130 valence electrons. The van der Waals surface area contributed by atoms with Gasteiger partial charge in [0.25, 0.3) is 0 Å². The second-order valence-corrected chi connectivity index (χ2v) is 5.89. The molecule has 25 heavy (non-hydrogen) atoms. The minimum Gasteiger partial charge on any atom is -0.507 e. The van der Waals surface area contributed by atoms with Crippen molar-refractivity contribution < 1.29 is 5.11 Å². The number of aryl methyl sites for hydroxylation is 2. The summed E-state index contributed by atoms with van der Waals surface area (Å²) in [6.45, 7) is 10.1. The van der Waals surface area contributed by atoms with Crippen molar-refractivity contribution in [1.29, 1.82) is 0 Å². The number of anilines is 1. The van der Waals surface area contributed by atoms with Gasteiger partial charge in [-0.2, -0.15) is 0 Å². The molecule has 2 heteroatoms. The van der Waals surface area contributed by atoms with Crippen LogP contribution in [0.1, 0.15) is 37.5 Å². The maximum absolute atomic E-state index is 10.5. The normalized spacial score (nSPS) is 10.8.